The van der Waals surface area contributed by atoms with Crippen molar-refractivity contribution < 1.29 is 17.2 Å². The lowest BCUT2D eigenvalue weighted by Crippen LogP contribution is -2.33. The fraction of sp³-hybridized carbons (Fsp3) is 1.00. The predicted octanol–water partition coefficient (Wildman–Crippen LogP) is 0.0282. The third kappa shape index (κ3) is 3.02. The molecule has 0 saturated carbocycles. The molecule has 0 aromatic carbocycles. The normalized spacial score (nSPS) is 28.1. The molecule has 1 rings (SSSR count). The van der Waals surface area contributed by atoms with Gasteiger partial charge in [-0.25, -0.2) is 17.2 Å². The van der Waals surface area contributed by atoms with Crippen LogP contribution in [0.15, 0.2) is 0 Å². The average molecular weight is 199 g/mol. The van der Waals surface area contributed by atoms with Gasteiger partial charge in [-0.3, -0.25) is 0 Å². The molecule has 0 aliphatic carbocycles. The summed E-state index contributed by atoms with van der Waals surface area (Å²) < 4.78 is 45.1. The Labute approximate surface area is 70.1 Å². The Hall–Kier alpha value is -0.230. The Kier molecular flexibility index (Phi) is 3.00. The van der Waals surface area contributed by atoms with Crippen molar-refractivity contribution in [2.45, 2.75) is 18.9 Å². The molecular weight excluding hydrogens is 188 g/mol. The molecule has 3 nitrogen and oxygen atoms in total. The lowest BCUT2D eigenvalue weighted by atomic mass is 10.3. The van der Waals surface area contributed by atoms with Crippen molar-refractivity contribution in [3.8, 4) is 0 Å². The van der Waals surface area contributed by atoms with E-state index in [0.29, 0.717) is 6.42 Å². The predicted molar refractivity (Wildman–Crippen MR) is 41.1 cm³/mol. The summed E-state index contributed by atoms with van der Waals surface area (Å²) in [5, 5.41) is 2.51. The van der Waals surface area contributed by atoms with Crippen LogP contribution in [-0.2, 0) is 9.84 Å². The number of halogens is 2. The first-order chi connectivity index (χ1) is 5.49. The van der Waals surface area contributed by atoms with Crippen LogP contribution in [0, 0.1) is 0 Å². The summed E-state index contributed by atoms with van der Waals surface area (Å²) >= 11 is 0. The smallest absolute Gasteiger partial charge is 0.250 e. The van der Waals surface area contributed by atoms with Crippen LogP contribution >= 0.6 is 0 Å². The molecule has 6 heteroatoms. The summed E-state index contributed by atoms with van der Waals surface area (Å²) in [5.74, 6) is 0.119. The van der Waals surface area contributed by atoms with Gasteiger partial charge < -0.3 is 5.32 Å². The molecule has 1 heterocycles. The van der Waals surface area contributed by atoms with E-state index in [1.54, 1.807) is 0 Å². The lowest BCUT2D eigenvalue weighted by Gasteiger charge is -2.08. The molecule has 1 atom stereocenters. The summed E-state index contributed by atoms with van der Waals surface area (Å²) in [7, 11) is -2.95. The minimum Gasteiger partial charge on any atom is -0.308 e. The third-order valence-electron chi connectivity index (χ3n) is 1.79. The Morgan fingerprint density at radius 1 is 1.50 bits per heavy atom. The maximum atomic E-state index is 11.7. The number of alkyl halides is 2. The highest BCUT2D eigenvalue weighted by Gasteiger charge is 2.27. The lowest BCUT2D eigenvalue weighted by molar-refractivity contribution is 0.142. The second-order valence-electron chi connectivity index (χ2n) is 2.90. The van der Waals surface area contributed by atoms with Gasteiger partial charge in [0.1, 0.15) is 0 Å². The standard InChI is InChI=1S/C6H11F2NO2S/c7-6(8)3-9-5-1-2-12(10,11)4-5/h5-6,9H,1-4H2. The van der Waals surface area contributed by atoms with Gasteiger partial charge in [-0.15, -0.1) is 0 Å². The zero-order valence-corrected chi connectivity index (χ0v) is 7.28. The van der Waals surface area contributed by atoms with Gasteiger partial charge in [0.15, 0.2) is 9.84 Å². The quantitative estimate of drug-likeness (QED) is 0.697. The number of nitrogens with one attached hydrogen (secondary N) is 1. The van der Waals surface area contributed by atoms with Gasteiger partial charge in [-0.05, 0) is 6.42 Å². The van der Waals surface area contributed by atoms with Crippen molar-refractivity contribution in [1.29, 1.82) is 0 Å². The van der Waals surface area contributed by atoms with Crippen LogP contribution in [0.1, 0.15) is 6.42 Å². The Morgan fingerprint density at radius 3 is 2.58 bits per heavy atom. The molecular formula is C6H11F2NO2S. The van der Waals surface area contributed by atoms with E-state index in [1.807, 2.05) is 0 Å². The fourth-order valence-corrected chi connectivity index (χ4v) is 2.92. The summed E-state index contributed by atoms with van der Waals surface area (Å²) in [4.78, 5) is 0. The Balaban J connectivity index is 2.29. The number of sulfone groups is 1. The first-order valence-corrected chi connectivity index (χ1v) is 5.54. The summed E-state index contributed by atoms with van der Waals surface area (Å²) in [5.41, 5.74) is 0. The molecule has 12 heavy (non-hydrogen) atoms. The second kappa shape index (κ2) is 3.66. The highest BCUT2D eigenvalue weighted by atomic mass is 32.2. The molecule has 1 aliphatic rings. The molecule has 1 N–H and O–H groups in total. The summed E-state index contributed by atoms with van der Waals surface area (Å²) in [6.07, 6.45) is -1.96. The first kappa shape index (κ1) is 9.85. The van der Waals surface area contributed by atoms with Crippen LogP contribution in [0.4, 0.5) is 8.78 Å². The van der Waals surface area contributed by atoms with Crippen LogP contribution in [0.2, 0.25) is 0 Å². The monoisotopic (exact) mass is 199 g/mol. The molecule has 0 amide bonds. The van der Waals surface area contributed by atoms with Gasteiger partial charge in [0.2, 0.25) is 0 Å². The highest BCUT2D eigenvalue weighted by Crippen LogP contribution is 2.11. The van der Waals surface area contributed by atoms with Gasteiger partial charge in [0.05, 0.1) is 18.1 Å². The summed E-state index contributed by atoms with van der Waals surface area (Å²) in [6, 6.07) is -0.274. The van der Waals surface area contributed by atoms with Crippen molar-refractivity contribution in [3.63, 3.8) is 0 Å². The van der Waals surface area contributed by atoms with Crippen LogP contribution in [0.5, 0.6) is 0 Å². The molecule has 1 saturated heterocycles. The first-order valence-electron chi connectivity index (χ1n) is 3.71. The van der Waals surface area contributed by atoms with E-state index < -0.39 is 22.8 Å². The molecule has 72 valence electrons. The maximum absolute atomic E-state index is 11.7. The molecule has 0 spiro atoms. The zero-order valence-electron chi connectivity index (χ0n) is 6.46. The van der Waals surface area contributed by atoms with E-state index in [0.717, 1.165) is 0 Å². The fourth-order valence-electron chi connectivity index (χ4n) is 1.21. The number of hydrogen-bond donors (Lipinski definition) is 1. The highest BCUT2D eigenvalue weighted by molar-refractivity contribution is 7.91. The van der Waals surface area contributed by atoms with Crippen molar-refractivity contribution in [3.05, 3.63) is 0 Å². The van der Waals surface area contributed by atoms with Gasteiger partial charge in [-0.1, -0.05) is 0 Å². The molecule has 0 aromatic heterocycles. The van der Waals surface area contributed by atoms with E-state index in [1.165, 1.54) is 0 Å². The van der Waals surface area contributed by atoms with Crippen molar-refractivity contribution in [2.24, 2.45) is 0 Å². The largest absolute Gasteiger partial charge is 0.308 e. The van der Waals surface area contributed by atoms with Crippen LogP contribution in [0.3, 0.4) is 0 Å². The van der Waals surface area contributed by atoms with Gasteiger partial charge in [0, 0.05) is 6.04 Å². The topological polar surface area (TPSA) is 46.2 Å². The van der Waals surface area contributed by atoms with Gasteiger partial charge >= 0.3 is 0 Å². The minimum atomic E-state index is -2.95. The number of rotatable bonds is 3. The minimum absolute atomic E-state index is 0.000278. The number of hydrogen-bond acceptors (Lipinski definition) is 3. The molecule has 1 aliphatic heterocycles. The van der Waals surface area contributed by atoms with Crippen molar-refractivity contribution in [2.75, 3.05) is 18.1 Å². The van der Waals surface area contributed by atoms with Crippen LogP contribution in [-0.4, -0.2) is 38.9 Å². The van der Waals surface area contributed by atoms with Crippen LogP contribution < -0.4 is 5.32 Å². The van der Waals surface area contributed by atoms with Gasteiger partial charge in [-0.2, -0.15) is 0 Å². The van der Waals surface area contributed by atoms with E-state index in [4.69, 9.17) is 0 Å². The van der Waals surface area contributed by atoms with E-state index in [-0.39, 0.29) is 17.5 Å². The van der Waals surface area contributed by atoms with Gasteiger partial charge in [0.25, 0.3) is 6.43 Å². The summed E-state index contributed by atoms with van der Waals surface area (Å²) in [6.45, 7) is -0.416. The average Bonchev–Trinajstić information content (AvgIpc) is 2.26. The van der Waals surface area contributed by atoms with E-state index in [9.17, 15) is 17.2 Å². The molecule has 0 radical (unpaired) electrons. The maximum Gasteiger partial charge on any atom is 0.250 e. The van der Waals surface area contributed by atoms with Crippen LogP contribution in [0.25, 0.3) is 0 Å². The molecule has 1 fully saturated rings. The zero-order chi connectivity index (χ0) is 9.19. The Bertz CT molecular complexity index is 240. The third-order valence-corrected chi connectivity index (χ3v) is 3.56. The second-order valence-corrected chi connectivity index (χ2v) is 5.13. The van der Waals surface area contributed by atoms with E-state index in [2.05, 4.69) is 5.32 Å². The molecule has 0 aromatic rings. The Morgan fingerprint density at radius 2 is 2.17 bits per heavy atom. The van der Waals surface area contributed by atoms with Crippen molar-refractivity contribution >= 4 is 9.84 Å². The SMILES string of the molecule is O=S1(=O)CCC(NCC(F)F)C1. The molecule has 1 unspecified atom stereocenters. The van der Waals surface area contributed by atoms with E-state index >= 15 is 0 Å². The van der Waals surface area contributed by atoms with Crippen molar-refractivity contribution in [1.82, 2.24) is 5.32 Å². The molecule has 0 bridgehead atoms.